The molecule has 1 fully saturated rings. The number of benzene rings is 1. The number of ether oxygens (including phenoxy) is 1. The van der Waals surface area contributed by atoms with Crippen molar-refractivity contribution in [3.8, 4) is 0 Å². The van der Waals surface area contributed by atoms with Crippen LogP contribution in [-0.2, 0) is 32.0 Å². The number of imidazole rings is 1. The zero-order valence-electron chi connectivity index (χ0n) is 24.8. The summed E-state index contributed by atoms with van der Waals surface area (Å²) in [5, 5.41) is 33.3. The number of carboxylic acid groups (broad SMARTS) is 1. The number of aromatic nitrogens is 2. The van der Waals surface area contributed by atoms with E-state index in [-0.39, 0.29) is 31.1 Å². The lowest BCUT2D eigenvalue weighted by atomic mass is 9.85. The molecular formula is C32H46N4O7. The van der Waals surface area contributed by atoms with Crippen molar-refractivity contribution < 1.29 is 34.4 Å². The standard InChI is InChI=1S/C32H46N4O7/c1-21(33)31(41)36-27(17-23-19-34-20-35-23)32(42)43-29-18-28(38)25(11-7-2-3-8-12-30(39)40)26(29)16-15-24(37)14-13-22-9-5-4-6-10-22/h2,4-7,9-10,19-21,24-29,37-38H,3,8,11-18,33H2,1H3,(H,34,35)(H,36,41)(H,39,40)/b7-2-/t21-,24-,25+,26+,27-,28-,29+/m0/s1. The van der Waals surface area contributed by atoms with E-state index in [0.29, 0.717) is 44.2 Å². The van der Waals surface area contributed by atoms with Gasteiger partial charge in [-0.2, -0.15) is 0 Å². The van der Waals surface area contributed by atoms with Crippen LogP contribution in [0.25, 0.3) is 0 Å². The number of aliphatic carboxylic acids is 1. The highest BCUT2D eigenvalue weighted by Crippen LogP contribution is 2.40. The summed E-state index contributed by atoms with van der Waals surface area (Å²) in [5.41, 5.74) is 7.51. The minimum Gasteiger partial charge on any atom is -0.481 e. The van der Waals surface area contributed by atoms with Crippen LogP contribution in [0.15, 0.2) is 55.0 Å². The lowest BCUT2D eigenvalue weighted by Crippen LogP contribution is -2.49. The molecule has 0 bridgehead atoms. The van der Waals surface area contributed by atoms with E-state index in [2.05, 4.69) is 15.3 Å². The van der Waals surface area contributed by atoms with Gasteiger partial charge in [0.05, 0.1) is 24.6 Å². The summed E-state index contributed by atoms with van der Waals surface area (Å²) in [7, 11) is 0. The zero-order chi connectivity index (χ0) is 31.2. The van der Waals surface area contributed by atoms with E-state index in [4.69, 9.17) is 15.6 Å². The van der Waals surface area contributed by atoms with Crippen molar-refractivity contribution in [2.75, 3.05) is 0 Å². The maximum Gasteiger partial charge on any atom is 0.329 e. The van der Waals surface area contributed by atoms with Crippen LogP contribution < -0.4 is 11.1 Å². The van der Waals surface area contributed by atoms with Crippen LogP contribution in [0.5, 0.6) is 0 Å². The fourth-order valence-corrected chi connectivity index (χ4v) is 5.61. The van der Waals surface area contributed by atoms with Gasteiger partial charge >= 0.3 is 11.9 Å². The normalized spacial score (nSPS) is 22.2. The van der Waals surface area contributed by atoms with Gasteiger partial charge in [-0.1, -0.05) is 42.5 Å². The summed E-state index contributed by atoms with van der Waals surface area (Å²) >= 11 is 0. The van der Waals surface area contributed by atoms with E-state index in [0.717, 1.165) is 12.0 Å². The molecule has 11 nitrogen and oxygen atoms in total. The maximum absolute atomic E-state index is 13.4. The Morgan fingerprint density at radius 2 is 1.95 bits per heavy atom. The molecule has 0 saturated heterocycles. The number of aromatic amines is 1. The van der Waals surface area contributed by atoms with Gasteiger partial charge in [0.25, 0.3) is 0 Å². The number of allylic oxidation sites excluding steroid dienone is 2. The number of H-pyrrole nitrogens is 1. The lowest BCUT2D eigenvalue weighted by Gasteiger charge is -2.27. The zero-order valence-corrected chi connectivity index (χ0v) is 24.8. The summed E-state index contributed by atoms with van der Waals surface area (Å²) in [6.07, 6.45) is 9.54. The van der Waals surface area contributed by atoms with Crippen LogP contribution in [0.2, 0.25) is 0 Å². The van der Waals surface area contributed by atoms with Crippen molar-refractivity contribution in [1.29, 1.82) is 0 Å². The first kappa shape index (κ1) is 34.0. The number of esters is 1. The van der Waals surface area contributed by atoms with Gasteiger partial charge in [0.15, 0.2) is 0 Å². The van der Waals surface area contributed by atoms with Gasteiger partial charge in [0, 0.05) is 37.1 Å². The van der Waals surface area contributed by atoms with Gasteiger partial charge < -0.3 is 36.1 Å². The molecule has 43 heavy (non-hydrogen) atoms. The number of carbonyl (C=O) groups excluding carboxylic acids is 2. The quantitative estimate of drug-likeness (QED) is 0.0852. The molecular weight excluding hydrogens is 552 g/mol. The number of nitrogens with zero attached hydrogens (tertiary/aromatic N) is 1. The third-order valence-corrected chi connectivity index (χ3v) is 8.04. The van der Waals surface area contributed by atoms with Gasteiger partial charge in [-0.15, -0.1) is 0 Å². The van der Waals surface area contributed by atoms with Gasteiger partial charge in [-0.05, 0) is 63.4 Å². The molecule has 11 heteroatoms. The van der Waals surface area contributed by atoms with Crippen LogP contribution in [-0.4, -0.2) is 73.5 Å². The van der Waals surface area contributed by atoms with Crippen LogP contribution in [0.3, 0.4) is 0 Å². The molecule has 1 aromatic heterocycles. The monoisotopic (exact) mass is 598 g/mol. The molecule has 1 aliphatic rings. The lowest BCUT2D eigenvalue weighted by molar-refractivity contribution is -0.155. The second kappa shape index (κ2) is 17.5. The molecule has 236 valence electrons. The number of nitrogens with two attached hydrogens (primary N) is 1. The van der Waals surface area contributed by atoms with Crippen molar-refractivity contribution in [3.63, 3.8) is 0 Å². The van der Waals surface area contributed by atoms with Crippen LogP contribution in [0, 0.1) is 11.8 Å². The van der Waals surface area contributed by atoms with Crippen LogP contribution in [0.4, 0.5) is 0 Å². The average Bonchev–Trinajstić information content (AvgIpc) is 3.59. The number of hydrogen-bond acceptors (Lipinski definition) is 8. The number of amides is 1. The topological polar surface area (TPSA) is 188 Å². The molecule has 1 saturated carbocycles. The largest absolute Gasteiger partial charge is 0.481 e. The smallest absolute Gasteiger partial charge is 0.329 e. The molecule has 1 aliphatic carbocycles. The molecule has 1 aromatic carbocycles. The molecule has 3 rings (SSSR count). The van der Waals surface area contributed by atoms with E-state index >= 15 is 0 Å². The number of rotatable bonds is 18. The first-order valence-corrected chi connectivity index (χ1v) is 15.1. The highest BCUT2D eigenvalue weighted by atomic mass is 16.5. The van der Waals surface area contributed by atoms with E-state index in [1.807, 2.05) is 42.5 Å². The van der Waals surface area contributed by atoms with Gasteiger partial charge in [-0.25, -0.2) is 9.78 Å². The number of aliphatic hydroxyl groups is 2. The molecule has 0 radical (unpaired) electrons. The summed E-state index contributed by atoms with van der Waals surface area (Å²) in [6.45, 7) is 1.53. The molecule has 1 heterocycles. The summed E-state index contributed by atoms with van der Waals surface area (Å²) in [4.78, 5) is 43.5. The first-order valence-electron chi connectivity index (χ1n) is 15.1. The maximum atomic E-state index is 13.4. The Morgan fingerprint density at radius 3 is 2.63 bits per heavy atom. The summed E-state index contributed by atoms with van der Waals surface area (Å²) in [6, 6.07) is 8.13. The van der Waals surface area contributed by atoms with Crippen molar-refractivity contribution in [2.45, 2.75) is 102 Å². The van der Waals surface area contributed by atoms with E-state index in [1.54, 1.807) is 6.20 Å². The number of hydrogen-bond donors (Lipinski definition) is 6. The van der Waals surface area contributed by atoms with Crippen molar-refractivity contribution in [3.05, 3.63) is 66.3 Å². The fraction of sp³-hybridized carbons (Fsp3) is 0.562. The predicted molar refractivity (Wildman–Crippen MR) is 161 cm³/mol. The fourth-order valence-electron chi connectivity index (χ4n) is 5.61. The van der Waals surface area contributed by atoms with Gasteiger partial charge in [-0.3, -0.25) is 9.59 Å². The van der Waals surface area contributed by atoms with Crippen molar-refractivity contribution >= 4 is 17.8 Å². The van der Waals surface area contributed by atoms with Crippen molar-refractivity contribution in [1.82, 2.24) is 15.3 Å². The Hall–Kier alpha value is -3.54. The van der Waals surface area contributed by atoms with E-state index < -0.39 is 48.2 Å². The Kier molecular flexibility index (Phi) is 13.9. The van der Waals surface area contributed by atoms with Gasteiger partial charge in [0.2, 0.25) is 5.91 Å². The average molecular weight is 599 g/mol. The van der Waals surface area contributed by atoms with Gasteiger partial charge in [0.1, 0.15) is 12.1 Å². The first-order chi connectivity index (χ1) is 20.6. The molecule has 7 atom stereocenters. The molecule has 1 amide bonds. The molecule has 0 spiro atoms. The highest BCUT2D eigenvalue weighted by molar-refractivity contribution is 5.87. The third kappa shape index (κ3) is 11.6. The summed E-state index contributed by atoms with van der Waals surface area (Å²) < 4.78 is 5.99. The minimum atomic E-state index is -0.999. The predicted octanol–water partition coefficient (Wildman–Crippen LogP) is 2.67. The summed E-state index contributed by atoms with van der Waals surface area (Å²) in [5.74, 6) is -2.37. The molecule has 0 unspecified atom stereocenters. The minimum absolute atomic E-state index is 0.0943. The Labute approximate surface area is 252 Å². The second-order valence-corrected chi connectivity index (χ2v) is 11.5. The molecule has 2 aromatic rings. The van der Waals surface area contributed by atoms with Crippen LogP contribution in [0.1, 0.15) is 69.5 Å². The molecule has 7 N–H and O–H groups in total. The number of carbonyl (C=O) groups is 3. The van der Waals surface area contributed by atoms with Crippen molar-refractivity contribution in [2.24, 2.45) is 17.6 Å². The number of carboxylic acids is 1. The second-order valence-electron chi connectivity index (χ2n) is 11.5. The van der Waals surface area contributed by atoms with E-state index in [9.17, 15) is 24.6 Å². The third-order valence-electron chi connectivity index (χ3n) is 8.04. The number of unbranched alkanes of at least 4 members (excludes halogenated alkanes) is 1. The van der Waals surface area contributed by atoms with E-state index in [1.165, 1.54) is 13.3 Å². The number of aryl methyl sites for hydroxylation is 1. The molecule has 0 aliphatic heterocycles. The SMILES string of the molecule is C[C@H](N)C(=O)N[C@@H](Cc1cnc[nH]1)C(=O)O[C@@H]1C[C@H](O)[C@H](C/C=C\CCCC(=O)O)[C@H]1CC[C@@H](O)CCc1ccccc1. The Bertz CT molecular complexity index is 1160. The Morgan fingerprint density at radius 1 is 1.19 bits per heavy atom. The number of aliphatic hydroxyl groups excluding tert-OH is 2. The highest BCUT2D eigenvalue weighted by Gasteiger charge is 2.44. The number of nitrogens with one attached hydrogen (secondary N) is 2. The Balaban J connectivity index is 1.68. The van der Waals surface area contributed by atoms with Crippen LogP contribution >= 0.6 is 0 Å².